The van der Waals surface area contributed by atoms with Crippen molar-refractivity contribution in [1.29, 1.82) is 0 Å². The molecule has 2 aromatic carbocycles. The molecule has 0 heterocycles. The van der Waals surface area contributed by atoms with Crippen molar-refractivity contribution >= 4 is 0 Å². The highest BCUT2D eigenvalue weighted by Crippen LogP contribution is 2.36. The van der Waals surface area contributed by atoms with Crippen LogP contribution in [0.25, 0.3) is 11.1 Å². The van der Waals surface area contributed by atoms with E-state index in [0.717, 1.165) is 47.9 Å². The summed E-state index contributed by atoms with van der Waals surface area (Å²) in [6.07, 6.45) is 12.5. The maximum absolute atomic E-state index is 14.7. The smallest absolute Gasteiger partial charge is 0.194 e. The van der Waals surface area contributed by atoms with E-state index in [1.165, 1.54) is 50.2 Å². The van der Waals surface area contributed by atoms with Crippen molar-refractivity contribution in [3.63, 3.8) is 0 Å². The molecule has 30 heavy (non-hydrogen) atoms. The van der Waals surface area contributed by atoms with Crippen LogP contribution in [-0.4, -0.2) is 0 Å². The maximum Gasteiger partial charge on any atom is 0.194 e. The molecule has 2 aromatic rings. The molecular formula is C26H28F4. The van der Waals surface area contributed by atoms with Crippen LogP contribution < -0.4 is 0 Å². The van der Waals surface area contributed by atoms with Crippen LogP contribution in [0, 0.1) is 35.1 Å². The first-order chi connectivity index (χ1) is 14.4. The molecule has 160 valence electrons. The van der Waals surface area contributed by atoms with Crippen LogP contribution in [0.4, 0.5) is 17.6 Å². The van der Waals surface area contributed by atoms with Crippen LogP contribution in [-0.2, 0) is 12.8 Å². The molecule has 0 nitrogen and oxygen atoms in total. The zero-order valence-electron chi connectivity index (χ0n) is 17.4. The molecule has 2 aliphatic carbocycles. The van der Waals surface area contributed by atoms with E-state index in [-0.39, 0.29) is 11.1 Å². The molecule has 0 saturated heterocycles. The highest BCUT2D eigenvalue weighted by atomic mass is 19.2. The molecule has 0 unspecified atom stereocenters. The van der Waals surface area contributed by atoms with E-state index < -0.39 is 23.3 Å². The fourth-order valence-corrected chi connectivity index (χ4v) is 5.03. The molecule has 0 aliphatic heterocycles. The summed E-state index contributed by atoms with van der Waals surface area (Å²) in [5.41, 5.74) is 3.38. The fourth-order valence-electron chi connectivity index (χ4n) is 5.03. The van der Waals surface area contributed by atoms with Crippen molar-refractivity contribution in [2.45, 2.75) is 64.7 Å². The molecule has 2 aliphatic rings. The van der Waals surface area contributed by atoms with E-state index in [4.69, 9.17) is 0 Å². The van der Waals surface area contributed by atoms with Crippen molar-refractivity contribution in [1.82, 2.24) is 0 Å². The summed E-state index contributed by atoms with van der Waals surface area (Å²) >= 11 is 0. The van der Waals surface area contributed by atoms with Gasteiger partial charge >= 0.3 is 0 Å². The molecule has 4 rings (SSSR count). The van der Waals surface area contributed by atoms with Gasteiger partial charge in [0.05, 0.1) is 0 Å². The van der Waals surface area contributed by atoms with E-state index >= 15 is 0 Å². The minimum absolute atomic E-state index is 0.0177. The van der Waals surface area contributed by atoms with Crippen molar-refractivity contribution in [2.75, 3.05) is 0 Å². The van der Waals surface area contributed by atoms with Gasteiger partial charge in [-0.3, -0.25) is 0 Å². The minimum atomic E-state index is -1.53. The van der Waals surface area contributed by atoms with Crippen molar-refractivity contribution in [3.05, 3.63) is 70.3 Å². The molecule has 0 spiro atoms. The molecule has 1 fully saturated rings. The van der Waals surface area contributed by atoms with Gasteiger partial charge in [0.2, 0.25) is 0 Å². The van der Waals surface area contributed by atoms with Gasteiger partial charge in [0, 0.05) is 5.56 Å². The van der Waals surface area contributed by atoms with Crippen molar-refractivity contribution in [2.24, 2.45) is 11.8 Å². The van der Waals surface area contributed by atoms with Crippen molar-refractivity contribution < 1.29 is 17.6 Å². The molecule has 0 N–H and O–H groups in total. The number of hydrogen-bond acceptors (Lipinski definition) is 0. The van der Waals surface area contributed by atoms with Crippen LogP contribution in [0.1, 0.15) is 63.0 Å². The summed E-state index contributed by atoms with van der Waals surface area (Å²) in [4.78, 5) is 0. The van der Waals surface area contributed by atoms with Gasteiger partial charge in [0.15, 0.2) is 17.5 Å². The van der Waals surface area contributed by atoms with Crippen molar-refractivity contribution in [3.8, 4) is 11.1 Å². The first-order valence-corrected chi connectivity index (χ1v) is 11.1. The van der Waals surface area contributed by atoms with Crippen LogP contribution in [0.5, 0.6) is 0 Å². The normalized spacial score (nSPS) is 21.3. The summed E-state index contributed by atoms with van der Waals surface area (Å²) in [6.45, 7) is 2.28. The second-order valence-electron chi connectivity index (χ2n) is 8.93. The average Bonchev–Trinajstić information content (AvgIpc) is 2.75. The van der Waals surface area contributed by atoms with E-state index in [1.54, 1.807) is 6.07 Å². The summed E-state index contributed by atoms with van der Waals surface area (Å²) in [6, 6.07) is 4.82. The van der Waals surface area contributed by atoms with Gasteiger partial charge in [-0.1, -0.05) is 50.7 Å². The lowest BCUT2D eigenvalue weighted by Crippen LogP contribution is -2.14. The Morgan fingerprint density at radius 3 is 2.13 bits per heavy atom. The Labute approximate surface area is 176 Å². The Balaban J connectivity index is 1.44. The highest BCUT2D eigenvalue weighted by molar-refractivity contribution is 5.66. The highest BCUT2D eigenvalue weighted by Gasteiger charge is 2.22. The standard InChI is InChI=1S/C26H28F4/c1-2-16-3-5-17(6-4-16)7-8-18-9-10-19-12-22(23(27)13-20(19)11-18)21-14-24(28)26(30)25(29)15-21/h9,12-17H,2-8,10-11H2,1H3. The summed E-state index contributed by atoms with van der Waals surface area (Å²) in [5, 5.41) is 0. The summed E-state index contributed by atoms with van der Waals surface area (Å²) in [7, 11) is 0. The topological polar surface area (TPSA) is 0 Å². The number of allylic oxidation sites excluding steroid dienone is 2. The second-order valence-corrected chi connectivity index (χ2v) is 8.93. The minimum Gasteiger partial charge on any atom is -0.206 e. The predicted molar refractivity (Wildman–Crippen MR) is 112 cm³/mol. The van der Waals surface area contributed by atoms with Gasteiger partial charge in [0.25, 0.3) is 0 Å². The summed E-state index contributed by atoms with van der Waals surface area (Å²) < 4.78 is 55.1. The van der Waals surface area contributed by atoms with Gasteiger partial charge < -0.3 is 0 Å². The van der Waals surface area contributed by atoms with Gasteiger partial charge in [-0.05, 0) is 78.5 Å². The van der Waals surface area contributed by atoms with E-state index in [2.05, 4.69) is 13.0 Å². The number of fused-ring (bicyclic) bond motifs is 1. The lowest BCUT2D eigenvalue weighted by Gasteiger charge is -2.28. The van der Waals surface area contributed by atoms with Gasteiger partial charge in [-0.2, -0.15) is 0 Å². The quantitative estimate of drug-likeness (QED) is 0.264. The Kier molecular flexibility index (Phi) is 6.31. The first kappa shape index (κ1) is 21.1. The molecule has 0 aromatic heterocycles. The van der Waals surface area contributed by atoms with Gasteiger partial charge in [0.1, 0.15) is 5.82 Å². The Hall–Kier alpha value is -2.10. The Bertz CT molecular complexity index is 929. The van der Waals surface area contributed by atoms with Crippen LogP contribution in [0.3, 0.4) is 0 Å². The fraction of sp³-hybridized carbons (Fsp3) is 0.462. The third kappa shape index (κ3) is 4.48. The molecule has 4 heteroatoms. The lowest BCUT2D eigenvalue weighted by molar-refractivity contribution is 0.258. The van der Waals surface area contributed by atoms with E-state index in [9.17, 15) is 17.6 Å². The van der Waals surface area contributed by atoms with E-state index in [1.807, 2.05) is 0 Å². The Morgan fingerprint density at radius 1 is 0.800 bits per heavy atom. The maximum atomic E-state index is 14.7. The third-order valence-corrected chi connectivity index (χ3v) is 7.03. The number of rotatable bonds is 5. The Morgan fingerprint density at radius 2 is 1.47 bits per heavy atom. The zero-order valence-corrected chi connectivity index (χ0v) is 17.4. The number of hydrogen-bond donors (Lipinski definition) is 0. The zero-order chi connectivity index (χ0) is 21.3. The molecule has 0 amide bonds. The van der Waals surface area contributed by atoms with Crippen LogP contribution in [0.2, 0.25) is 0 Å². The second kappa shape index (κ2) is 8.95. The van der Waals surface area contributed by atoms with Crippen LogP contribution >= 0.6 is 0 Å². The molecule has 0 atom stereocenters. The van der Waals surface area contributed by atoms with Crippen LogP contribution in [0.15, 0.2) is 35.9 Å². The monoisotopic (exact) mass is 416 g/mol. The molecule has 1 saturated carbocycles. The lowest BCUT2D eigenvalue weighted by atomic mass is 9.78. The molecule has 0 radical (unpaired) electrons. The predicted octanol–water partition coefficient (Wildman–Crippen LogP) is 7.93. The molecule has 0 bridgehead atoms. The average molecular weight is 417 g/mol. The molecular weight excluding hydrogens is 388 g/mol. The van der Waals surface area contributed by atoms with Gasteiger partial charge in [-0.25, -0.2) is 17.6 Å². The van der Waals surface area contributed by atoms with E-state index in [0.29, 0.717) is 6.42 Å². The number of halogens is 4. The third-order valence-electron chi connectivity index (χ3n) is 7.03. The first-order valence-electron chi connectivity index (χ1n) is 11.1. The largest absolute Gasteiger partial charge is 0.206 e. The number of benzene rings is 2. The summed E-state index contributed by atoms with van der Waals surface area (Å²) in [5.74, 6) is -2.97. The SMILES string of the molecule is CCC1CCC(CCC2=CCc3cc(-c4cc(F)c(F)c(F)c4)c(F)cc3C2)CC1. The van der Waals surface area contributed by atoms with Gasteiger partial charge in [-0.15, -0.1) is 0 Å².